The Morgan fingerprint density at radius 1 is 1.12 bits per heavy atom. The summed E-state index contributed by atoms with van der Waals surface area (Å²) >= 11 is 0. The highest BCUT2D eigenvalue weighted by atomic mass is 16.5. The van der Waals surface area contributed by atoms with Crippen molar-refractivity contribution in [1.82, 2.24) is 9.97 Å². The van der Waals surface area contributed by atoms with Gasteiger partial charge in [0.2, 0.25) is 0 Å². The molecule has 2 aromatic heterocycles. The first-order valence-electron chi connectivity index (χ1n) is 8.91. The van der Waals surface area contributed by atoms with Gasteiger partial charge in [0.15, 0.2) is 5.65 Å². The number of aryl methyl sites for hydroxylation is 2. The third-order valence-electron chi connectivity index (χ3n) is 4.16. The number of hydrogen-bond donors (Lipinski definition) is 1. The fraction of sp³-hybridized carbons (Fsp3) is 0.286. The van der Waals surface area contributed by atoms with Gasteiger partial charge in [-0.1, -0.05) is 26.0 Å². The van der Waals surface area contributed by atoms with E-state index in [4.69, 9.17) is 4.74 Å². The second-order valence-corrected chi connectivity index (χ2v) is 6.18. The summed E-state index contributed by atoms with van der Waals surface area (Å²) in [5, 5.41) is 4.16. The van der Waals surface area contributed by atoms with Crippen molar-refractivity contribution >= 4 is 28.4 Å². The zero-order chi connectivity index (χ0) is 18.5. The molecular formula is C21H23N3O2. The summed E-state index contributed by atoms with van der Waals surface area (Å²) < 4.78 is 5.33. The van der Waals surface area contributed by atoms with E-state index in [9.17, 15) is 4.79 Å². The van der Waals surface area contributed by atoms with Gasteiger partial charge in [-0.15, -0.1) is 0 Å². The van der Waals surface area contributed by atoms with E-state index in [0.29, 0.717) is 23.5 Å². The smallest absolute Gasteiger partial charge is 0.341 e. The number of nitrogens with one attached hydrogen (secondary N) is 1. The minimum Gasteiger partial charge on any atom is -0.462 e. The average Bonchev–Trinajstić information content (AvgIpc) is 2.66. The topological polar surface area (TPSA) is 64.1 Å². The SMILES string of the molecule is CCCOC(=O)c1cnc2nc(C)ccc2c1Nc1ccc(CC)cc1. The van der Waals surface area contributed by atoms with Crippen LogP contribution in [0.5, 0.6) is 0 Å². The Morgan fingerprint density at radius 2 is 1.88 bits per heavy atom. The summed E-state index contributed by atoms with van der Waals surface area (Å²) in [5.74, 6) is -0.380. The largest absolute Gasteiger partial charge is 0.462 e. The van der Waals surface area contributed by atoms with Crippen LogP contribution >= 0.6 is 0 Å². The number of rotatable bonds is 6. The van der Waals surface area contributed by atoms with Crippen molar-refractivity contribution in [2.75, 3.05) is 11.9 Å². The maximum Gasteiger partial charge on any atom is 0.341 e. The number of anilines is 2. The first-order valence-corrected chi connectivity index (χ1v) is 8.91. The number of benzene rings is 1. The second kappa shape index (κ2) is 7.95. The Labute approximate surface area is 153 Å². The first-order chi connectivity index (χ1) is 12.6. The van der Waals surface area contributed by atoms with E-state index >= 15 is 0 Å². The van der Waals surface area contributed by atoms with Crippen LogP contribution in [0.2, 0.25) is 0 Å². The number of carbonyl (C=O) groups excluding carboxylic acids is 1. The van der Waals surface area contributed by atoms with Crippen LogP contribution in [-0.2, 0) is 11.2 Å². The molecule has 3 rings (SSSR count). The number of fused-ring (bicyclic) bond motifs is 1. The number of hydrogen-bond acceptors (Lipinski definition) is 5. The quantitative estimate of drug-likeness (QED) is 0.647. The van der Waals surface area contributed by atoms with Crippen LogP contribution in [0, 0.1) is 6.92 Å². The van der Waals surface area contributed by atoms with Crippen molar-refractivity contribution in [3.8, 4) is 0 Å². The van der Waals surface area contributed by atoms with E-state index in [1.165, 1.54) is 11.8 Å². The number of pyridine rings is 2. The van der Waals surface area contributed by atoms with E-state index < -0.39 is 0 Å². The lowest BCUT2D eigenvalue weighted by molar-refractivity contribution is 0.0506. The average molecular weight is 349 g/mol. The number of nitrogens with zero attached hydrogens (tertiary/aromatic N) is 2. The van der Waals surface area contributed by atoms with E-state index in [0.717, 1.165) is 29.6 Å². The minimum absolute atomic E-state index is 0.380. The summed E-state index contributed by atoms with van der Waals surface area (Å²) in [6, 6.07) is 12.0. The molecule has 0 saturated heterocycles. The number of ether oxygens (including phenoxy) is 1. The summed E-state index contributed by atoms with van der Waals surface area (Å²) in [6.45, 7) is 6.39. The monoisotopic (exact) mass is 349 g/mol. The van der Waals surface area contributed by atoms with Gasteiger partial charge in [-0.2, -0.15) is 0 Å². The van der Waals surface area contributed by atoms with Crippen molar-refractivity contribution in [2.45, 2.75) is 33.6 Å². The minimum atomic E-state index is -0.380. The number of esters is 1. The lowest BCUT2D eigenvalue weighted by Crippen LogP contribution is -2.10. The van der Waals surface area contributed by atoms with Crippen molar-refractivity contribution in [3.63, 3.8) is 0 Å². The molecule has 0 fully saturated rings. The van der Waals surface area contributed by atoms with E-state index in [1.54, 1.807) is 0 Å². The van der Waals surface area contributed by atoms with Gasteiger partial charge in [0.25, 0.3) is 0 Å². The second-order valence-electron chi connectivity index (χ2n) is 6.18. The van der Waals surface area contributed by atoms with Gasteiger partial charge in [-0.3, -0.25) is 0 Å². The molecule has 0 bridgehead atoms. The summed E-state index contributed by atoms with van der Waals surface area (Å²) in [5.41, 5.74) is 4.73. The molecule has 26 heavy (non-hydrogen) atoms. The molecule has 0 aliphatic carbocycles. The Hall–Kier alpha value is -2.95. The van der Waals surface area contributed by atoms with Gasteiger partial charge in [-0.05, 0) is 49.6 Å². The molecule has 0 radical (unpaired) electrons. The fourth-order valence-electron chi connectivity index (χ4n) is 2.70. The van der Waals surface area contributed by atoms with E-state index in [-0.39, 0.29) is 5.97 Å². The third kappa shape index (κ3) is 3.82. The standard InChI is InChI=1S/C21H23N3O2/c1-4-12-26-21(25)18-13-22-20-17(11-6-14(3)23-20)19(18)24-16-9-7-15(5-2)8-10-16/h6-11,13H,4-5,12H2,1-3H3,(H,22,23,24). The van der Waals surface area contributed by atoms with Crippen molar-refractivity contribution < 1.29 is 9.53 Å². The number of aromatic nitrogens is 2. The van der Waals surface area contributed by atoms with Crippen LogP contribution < -0.4 is 5.32 Å². The predicted octanol–water partition coefficient (Wildman–Crippen LogP) is 4.81. The van der Waals surface area contributed by atoms with Gasteiger partial charge in [-0.25, -0.2) is 14.8 Å². The first kappa shape index (κ1) is 17.9. The maximum atomic E-state index is 12.5. The molecule has 3 aromatic rings. The summed E-state index contributed by atoms with van der Waals surface area (Å²) in [6.07, 6.45) is 3.29. The molecule has 0 unspecified atom stereocenters. The number of carbonyl (C=O) groups is 1. The Balaban J connectivity index is 2.06. The fourth-order valence-corrected chi connectivity index (χ4v) is 2.70. The molecule has 2 heterocycles. The zero-order valence-electron chi connectivity index (χ0n) is 15.4. The Morgan fingerprint density at radius 3 is 2.58 bits per heavy atom. The van der Waals surface area contributed by atoms with Crippen LogP contribution in [0.4, 0.5) is 11.4 Å². The van der Waals surface area contributed by atoms with E-state index in [1.807, 2.05) is 38.1 Å². The molecular weight excluding hydrogens is 326 g/mol. The molecule has 0 aliphatic rings. The molecule has 0 spiro atoms. The van der Waals surface area contributed by atoms with Gasteiger partial charge >= 0.3 is 5.97 Å². The molecule has 0 amide bonds. The highest BCUT2D eigenvalue weighted by Crippen LogP contribution is 2.29. The molecule has 1 N–H and O–H groups in total. The normalized spacial score (nSPS) is 10.7. The van der Waals surface area contributed by atoms with Crippen LogP contribution in [0.25, 0.3) is 11.0 Å². The van der Waals surface area contributed by atoms with Crippen molar-refractivity contribution in [1.29, 1.82) is 0 Å². The summed E-state index contributed by atoms with van der Waals surface area (Å²) in [7, 11) is 0. The molecule has 0 saturated carbocycles. The lowest BCUT2D eigenvalue weighted by atomic mass is 10.1. The van der Waals surface area contributed by atoms with Crippen LogP contribution in [0.3, 0.4) is 0 Å². The van der Waals surface area contributed by atoms with Crippen LogP contribution in [-0.4, -0.2) is 22.5 Å². The predicted molar refractivity (Wildman–Crippen MR) is 104 cm³/mol. The Bertz CT molecular complexity index is 920. The van der Waals surface area contributed by atoms with Gasteiger partial charge < -0.3 is 10.1 Å². The van der Waals surface area contributed by atoms with Gasteiger partial charge in [0.05, 0.1) is 12.3 Å². The van der Waals surface area contributed by atoms with Gasteiger partial charge in [0, 0.05) is 23.0 Å². The van der Waals surface area contributed by atoms with Gasteiger partial charge in [0.1, 0.15) is 5.56 Å². The highest BCUT2D eigenvalue weighted by molar-refractivity contribution is 6.05. The van der Waals surface area contributed by atoms with E-state index in [2.05, 4.69) is 34.3 Å². The molecule has 134 valence electrons. The molecule has 5 heteroatoms. The molecule has 0 atom stereocenters. The molecule has 0 aliphatic heterocycles. The third-order valence-corrected chi connectivity index (χ3v) is 4.16. The van der Waals surface area contributed by atoms with Crippen LogP contribution in [0.1, 0.15) is 41.9 Å². The lowest BCUT2D eigenvalue weighted by Gasteiger charge is -2.14. The van der Waals surface area contributed by atoms with Crippen molar-refractivity contribution in [3.05, 3.63) is 59.4 Å². The molecule has 1 aromatic carbocycles. The maximum absolute atomic E-state index is 12.5. The summed E-state index contributed by atoms with van der Waals surface area (Å²) in [4.78, 5) is 21.3. The highest BCUT2D eigenvalue weighted by Gasteiger charge is 2.17. The molecule has 5 nitrogen and oxygen atoms in total. The zero-order valence-corrected chi connectivity index (χ0v) is 15.4. The van der Waals surface area contributed by atoms with Crippen LogP contribution in [0.15, 0.2) is 42.6 Å². The Kier molecular flexibility index (Phi) is 5.46. The van der Waals surface area contributed by atoms with Crippen molar-refractivity contribution in [2.24, 2.45) is 0 Å².